The molecule has 0 unspecified atom stereocenters. The SMILES string of the molecule is N[C@@H]1CCc2cc(Cl)ccc2NC1=O. The molecule has 0 spiro atoms. The van der Waals surface area contributed by atoms with Gasteiger partial charge in [0.15, 0.2) is 0 Å². The minimum Gasteiger partial charge on any atom is -0.324 e. The fourth-order valence-corrected chi connectivity index (χ4v) is 1.75. The van der Waals surface area contributed by atoms with Crippen LogP contribution in [0, 0.1) is 0 Å². The Kier molecular flexibility index (Phi) is 2.44. The van der Waals surface area contributed by atoms with Crippen molar-refractivity contribution in [1.29, 1.82) is 0 Å². The molecule has 0 fully saturated rings. The van der Waals surface area contributed by atoms with Crippen molar-refractivity contribution >= 4 is 23.2 Å². The number of aryl methyl sites for hydroxylation is 1. The zero-order valence-electron chi connectivity index (χ0n) is 7.59. The van der Waals surface area contributed by atoms with Crippen molar-refractivity contribution in [2.45, 2.75) is 18.9 Å². The number of halogens is 1. The minimum absolute atomic E-state index is 0.119. The molecule has 0 saturated carbocycles. The van der Waals surface area contributed by atoms with E-state index in [9.17, 15) is 4.79 Å². The van der Waals surface area contributed by atoms with Gasteiger partial charge in [0, 0.05) is 10.7 Å². The van der Waals surface area contributed by atoms with Crippen LogP contribution in [0.3, 0.4) is 0 Å². The molecule has 0 aliphatic carbocycles. The van der Waals surface area contributed by atoms with Gasteiger partial charge in [-0.25, -0.2) is 0 Å². The predicted molar refractivity (Wildman–Crippen MR) is 56.4 cm³/mol. The number of fused-ring (bicyclic) bond motifs is 1. The third-order valence-corrected chi connectivity index (χ3v) is 2.62. The highest BCUT2D eigenvalue weighted by atomic mass is 35.5. The molecule has 74 valence electrons. The van der Waals surface area contributed by atoms with E-state index in [0.29, 0.717) is 11.4 Å². The number of amides is 1. The molecular weight excluding hydrogens is 200 g/mol. The summed E-state index contributed by atoms with van der Waals surface area (Å²) in [5, 5.41) is 3.47. The standard InChI is InChI=1S/C10H11ClN2O/c11-7-2-4-9-6(5-7)1-3-8(12)10(14)13-9/h2,4-5,8H,1,3,12H2,(H,13,14)/t8-/m1/s1. The third kappa shape index (κ3) is 1.74. The molecule has 0 bridgehead atoms. The number of benzene rings is 1. The van der Waals surface area contributed by atoms with Crippen LogP contribution in [0.5, 0.6) is 0 Å². The molecule has 3 nitrogen and oxygen atoms in total. The van der Waals surface area contributed by atoms with Crippen molar-refractivity contribution in [3.05, 3.63) is 28.8 Å². The van der Waals surface area contributed by atoms with E-state index in [-0.39, 0.29) is 5.91 Å². The molecule has 1 aliphatic rings. The lowest BCUT2D eigenvalue weighted by molar-refractivity contribution is -0.117. The number of hydrogen-bond donors (Lipinski definition) is 2. The van der Waals surface area contributed by atoms with Gasteiger partial charge in [0.25, 0.3) is 0 Å². The van der Waals surface area contributed by atoms with Crippen LogP contribution in [0.2, 0.25) is 5.02 Å². The van der Waals surface area contributed by atoms with Gasteiger partial charge in [-0.2, -0.15) is 0 Å². The van der Waals surface area contributed by atoms with Crippen molar-refractivity contribution in [3.63, 3.8) is 0 Å². The summed E-state index contributed by atoms with van der Waals surface area (Å²) in [5.74, 6) is -0.119. The van der Waals surface area contributed by atoms with E-state index < -0.39 is 6.04 Å². The first-order chi connectivity index (χ1) is 6.66. The topological polar surface area (TPSA) is 55.1 Å². The lowest BCUT2D eigenvalue weighted by atomic mass is 10.1. The van der Waals surface area contributed by atoms with Crippen molar-refractivity contribution in [1.82, 2.24) is 0 Å². The van der Waals surface area contributed by atoms with E-state index in [2.05, 4.69) is 5.32 Å². The molecule has 0 radical (unpaired) electrons. The van der Waals surface area contributed by atoms with Crippen molar-refractivity contribution in [2.24, 2.45) is 5.73 Å². The van der Waals surface area contributed by atoms with Crippen LogP contribution >= 0.6 is 11.6 Å². The van der Waals surface area contributed by atoms with Gasteiger partial charge in [0.05, 0.1) is 6.04 Å². The van der Waals surface area contributed by atoms with Crippen LogP contribution in [0.15, 0.2) is 18.2 Å². The van der Waals surface area contributed by atoms with Crippen molar-refractivity contribution < 1.29 is 4.79 Å². The van der Waals surface area contributed by atoms with Gasteiger partial charge in [-0.1, -0.05) is 11.6 Å². The Morgan fingerprint density at radius 1 is 1.50 bits per heavy atom. The number of rotatable bonds is 0. The van der Waals surface area contributed by atoms with Gasteiger partial charge >= 0.3 is 0 Å². The maximum Gasteiger partial charge on any atom is 0.241 e. The first-order valence-corrected chi connectivity index (χ1v) is 4.89. The first-order valence-electron chi connectivity index (χ1n) is 4.51. The number of carbonyl (C=O) groups excluding carboxylic acids is 1. The number of hydrogen-bond acceptors (Lipinski definition) is 2. The smallest absolute Gasteiger partial charge is 0.241 e. The second kappa shape index (κ2) is 3.59. The van der Waals surface area contributed by atoms with Crippen LogP contribution in [-0.4, -0.2) is 11.9 Å². The Labute approximate surface area is 87.2 Å². The van der Waals surface area contributed by atoms with Gasteiger partial charge in [-0.15, -0.1) is 0 Å². The highest BCUT2D eigenvalue weighted by Gasteiger charge is 2.19. The zero-order valence-corrected chi connectivity index (χ0v) is 8.34. The summed E-state index contributed by atoms with van der Waals surface area (Å²) in [7, 11) is 0. The summed E-state index contributed by atoms with van der Waals surface area (Å²) in [6, 6.07) is 5.03. The van der Waals surface area contributed by atoms with Gasteiger partial charge < -0.3 is 11.1 Å². The Bertz CT molecular complexity index is 378. The largest absolute Gasteiger partial charge is 0.324 e. The molecule has 0 aromatic heterocycles. The zero-order chi connectivity index (χ0) is 10.1. The highest BCUT2D eigenvalue weighted by molar-refractivity contribution is 6.30. The number of anilines is 1. The number of nitrogens with two attached hydrogens (primary N) is 1. The van der Waals surface area contributed by atoms with E-state index in [1.54, 1.807) is 6.07 Å². The van der Waals surface area contributed by atoms with Gasteiger partial charge in [0.2, 0.25) is 5.91 Å². The summed E-state index contributed by atoms with van der Waals surface area (Å²) in [5.41, 5.74) is 7.53. The average molecular weight is 211 g/mol. The van der Waals surface area contributed by atoms with Gasteiger partial charge in [-0.3, -0.25) is 4.79 Å². The fraction of sp³-hybridized carbons (Fsp3) is 0.300. The number of carbonyl (C=O) groups is 1. The summed E-state index contributed by atoms with van der Waals surface area (Å²) >= 11 is 5.86. The van der Waals surface area contributed by atoms with Crippen LogP contribution in [-0.2, 0) is 11.2 Å². The van der Waals surface area contributed by atoms with Crippen molar-refractivity contribution in [3.8, 4) is 0 Å². The fourth-order valence-electron chi connectivity index (χ4n) is 1.56. The maximum atomic E-state index is 11.4. The predicted octanol–water partition coefficient (Wildman–Crippen LogP) is 1.55. The van der Waals surface area contributed by atoms with Crippen LogP contribution in [0.4, 0.5) is 5.69 Å². The van der Waals surface area contributed by atoms with Crippen LogP contribution < -0.4 is 11.1 Å². The molecule has 4 heteroatoms. The summed E-state index contributed by atoms with van der Waals surface area (Å²) in [6.45, 7) is 0. The second-order valence-corrected chi connectivity index (χ2v) is 3.87. The lowest BCUT2D eigenvalue weighted by Crippen LogP contribution is -2.34. The van der Waals surface area contributed by atoms with Crippen molar-refractivity contribution in [2.75, 3.05) is 5.32 Å². The van der Waals surface area contributed by atoms with Crippen LogP contribution in [0.1, 0.15) is 12.0 Å². The quantitative estimate of drug-likeness (QED) is 0.683. The molecule has 14 heavy (non-hydrogen) atoms. The first kappa shape index (κ1) is 9.49. The van der Waals surface area contributed by atoms with E-state index >= 15 is 0 Å². The Hall–Kier alpha value is -1.06. The monoisotopic (exact) mass is 210 g/mol. The van der Waals surface area contributed by atoms with E-state index in [1.165, 1.54) is 0 Å². The summed E-state index contributed by atoms with van der Waals surface area (Å²) in [4.78, 5) is 11.4. The molecule has 1 atom stereocenters. The Balaban J connectivity index is 2.37. The van der Waals surface area contributed by atoms with E-state index in [0.717, 1.165) is 17.7 Å². The average Bonchev–Trinajstić information content (AvgIpc) is 2.29. The third-order valence-electron chi connectivity index (χ3n) is 2.39. The van der Waals surface area contributed by atoms with E-state index in [1.807, 2.05) is 12.1 Å². The molecule has 3 N–H and O–H groups in total. The Morgan fingerprint density at radius 2 is 2.29 bits per heavy atom. The summed E-state index contributed by atoms with van der Waals surface area (Å²) < 4.78 is 0. The van der Waals surface area contributed by atoms with E-state index in [4.69, 9.17) is 17.3 Å². The molecule has 1 heterocycles. The van der Waals surface area contributed by atoms with Crippen LogP contribution in [0.25, 0.3) is 0 Å². The molecule has 1 amide bonds. The molecule has 1 aromatic rings. The molecular formula is C10H11ClN2O. The summed E-state index contributed by atoms with van der Waals surface area (Å²) in [6.07, 6.45) is 1.45. The minimum atomic E-state index is -0.416. The normalized spacial score (nSPS) is 21.0. The van der Waals surface area contributed by atoms with Gasteiger partial charge in [0.1, 0.15) is 0 Å². The Morgan fingerprint density at radius 3 is 3.07 bits per heavy atom. The maximum absolute atomic E-state index is 11.4. The highest BCUT2D eigenvalue weighted by Crippen LogP contribution is 2.24. The number of nitrogens with one attached hydrogen (secondary N) is 1. The molecule has 1 aliphatic heterocycles. The van der Waals surface area contributed by atoms with Gasteiger partial charge in [-0.05, 0) is 36.6 Å². The lowest BCUT2D eigenvalue weighted by Gasteiger charge is -2.06. The molecule has 0 saturated heterocycles. The molecule has 2 rings (SSSR count). The second-order valence-electron chi connectivity index (χ2n) is 3.44. The molecule has 1 aromatic carbocycles.